The number of hydrogen-bond donors (Lipinski definition) is 0. The quantitative estimate of drug-likeness (QED) is 0.321. The highest BCUT2D eigenvalue weighted by Crippen LogP contribution is 2.46. The molecule has 8 heteroatoms. The minimum absolute atomic E-state index is 0.0656. The molecule has 0 saturated heterocycles. The first-order valence-electron chi connectivity index (χ1n) is 10.0. The second-order valence-electron chi connectivity index (χ2n) is 8.53. The van der Waals surface area contributed by atoms with Crippen molar-refractivity contribution in [3.63, 3.8) is 0 Å². The third kappa shape index (κ3) is 2.65. The molecule has 32 heavy (non-hydrogen) atoms. The fraction of sp³-hybridized carbons (Fsp3) is 0.208. The van der Waals surface area contributed by atoms with Crippen LogP contribution in [0.15, 0.2) is 42.5 Å². The minimum Gasteiger partial charge on any atom is -0.425 e. The summed E-state index contributed by atoms with van der Waals surface area (Å²) in [5, 5.41) is 0. The van der Waals surface area contributed by atoms with Crippen LogP contribution in [0.2, 0.25) is 0 Å². The topological polar surface area (TPSA) is 101 Å². The zero-order valence-corrected chi connectivity index (χ0v) is 17.6. The van der Waals surface area contributed by atoms with Gasteiger partial charge in [-0.15, -0.1) is 0 Å². The Morgan fingerprint density at radius 3 is 2.12 bits per heavy atom. The second-order valence-corrected chi connectivity index (χ2v) is 8.53. The molecule has 0 aromatic heterocycles. The number of esters is 1. The number of carbonyl (C=O) groups excluding carboxylic acids is 5. The van der Waals surface area contributed by atoms with Crippen LogP contribution in [0.1, 0.15) is 57.4 Å². The first kappa shape index (κ1) is 19.9. The van der Waals surface area contributed by atoms with Gasteiger partial charge in [-0.1, -0.05) is 18.2 Å². The summed E-state index contributed by atoms with van der Waals surface area (Å²) < 4.78 is 5.39. The first-order chi connectivity index (χ1) is 15.1. The van der Waals surface area contributed by atoms with Crippen LogP contribution in [0.5, 0.6) is 5.75 Å². The lowest BCUT2D eigenvalue weighted by Crippen LogP contribution is -2.47. The van der Waals surface area contributed by atoms with Gasteiger partial charge in [-0.2, -0.15) is 0 Å². The van der Waals surface area contributed by atoms with Crippen molar-refractivity contribution >= 4 is 40.7 Å². The Hall–Kier alpha value is -4.07. The minimum atomic E-state index is -0.835. The average Bonchev–Trinajstić information content (AvgIpc) is 3.13. The van der Waals surface area contributed by atoms with Gasteiger partial charge in [0.2, 0.25) is 0 Å². The molecule has 5 rings (SSSR count). The van der Waals surface area contributed by atoms with E-state index in [-0.39, 0.29) is 22.4 Å². The Morgan fingerprint density at radius 1 is 0.906 bits per heavy atom. The standard InChI is InChI=1S/C24H18N2O6/c1-12-10-24(2,3)26-19-16(12)8-13(9-17(19)20(28)23(26)31)32-18(27)11-25-21(29)14-6-4-5-7-15(14)22(25)30/h4-10H,11H2,1-3H3. The van der Waals surface area contributed by atoms with Crippen molar-refractivity contribution in [1.29, 1.82) is 0 Å². The number of allylic oxidation sites excluding steroid dienone is 1. The van der Waals surface area contributed by atoms with Gasteiger partial charge in [0.15, 0.2) is 0 Å². The van der Waals surface area contributed by atoms with Gasteiger partial charge in [-0.3, -0.25) is 29.0 Å². The molecule has 160 valence electrons. The van der Waals surface area contributed by atoms with Crippen molar-refractivity contribution in [1.82, 2.24) is 4.90 Å². The van der Waals surface area contributed by atoms with Crippen molar-refractivity contribution in [3.05, 3.63) is 64.7 Å². The van der Waals surface area contributed by atoms with E-state index in [0.717, 1.165) is 10.5 Å². The molecular weight excluding hydrogens is 412 g/mol. The maximum atomic E-state index is 12.6. The summed E-state index contributed by atoms with van der Waals surface area (Å²) in [6, 6.07) is 9.27. The van der Waals surface area contributed by atoms with E-state index in [1.54, 1.807) is 18.2 Å². The number of imide groups is 1. The number of hydrogen-bond acceptors (Lipinski definition) is 6. The van der Waals surface area contributed by atoms with Crippen LogP contribution >= 0.6 is 0 Å². The Morgan fingerprint density at radius 2 is 1.50 bits per heavy atom. The molecule has 2 aromatic rings. The van der Waals surface area contributed by atoms with E-state index in [0.29, 0.717) is 11.3 Å². The van der Waals surface area contributed by atoms with E-state index in [1.165, 1.54) is 23.1 Å². The van der Waals surface area contributed by atoms with Crippen molar-refractivity contribution in [2.75, 3.05) is 11.4 Å². The van der Waals surface area contributed by atoms with Crippen LogP contribution < -0.4 is 9.64 Å². The molecule has 0 atom stereocenters. The number of ketones is 1. The monoisotopic (exact) mass is 430 g/mol. The van der Waals surface area contributed by atoms with E-state index < -0.39 is 41.6 Å². The predicted molar refractivity (Wildman–Crippen MR) is 113 cm³/mol. The lowest BCUT2D eigenvalue weighted by molar-refractivity contribution is -0.134. The molecule has 8 nitrogen and oxygen atoms in total. The number of benzene rings is 2. The summed E-state index contributed by atoms with van der Waals surface area (Å²) in [4.78, 5) is 65.0. The highest BCUT2D eigenvalue weighted by atomic mass is 16.5. The number of anilines is 1. The smallest absolute Gasteiger partial charge is 0.331 e. The predicted octanol–water partition coefficient (Wildman–Crippen LogP) is 2.61. The maximum Gasteiger partial charge on any atom is 0.331 e. The van der Waals surface area contributed by atoms with Crippen LogP contribution in [0.4, 0.5) is 5.69 Å². The molecule has 0 fully saturated rings. The number of ether oxygens (including phenoxy) is 1. The molecule has 3 heterocycles. The molecular formula is C24H18N2O6. The maximum absolute atomic E-state index is 12.6. The van der Waals surface area contributed by atoms with E-state index in [9.17, 15) is 24.0 Å². The molecule has 0 aliphatic carbocycles. The zero-order valence-electron chi connectivity index (χ0n) is 17.6. The van der Waals surface area contributed by atoms with Crippen LogP contribution in [0, 0.1) is 0 Å². The molecule has 3 amide bonds. The lowest BCUT2D eigenvalue weighted by atomic mass is 9.89. The highest BCUT2D eigenvalue weighted by Gasteiger charge is 2.47. The summed E-state index contributed by atoms with van der Waals surface area (Å²) >= 11 is 0. The molecule has 0 saturated carbocycles. The van der Waals surface area contributed by atoms with Gasteiger partial charge in [-0.25, -0.2) is 4.79 Å². The van der Waals surface area contributed by atoms with E-state index in [4.69, 9.17) is 4.74 Å². The van der Waals surface area contributed by atoms with Crippen molar-refractivity contribution < 1.29 is 28.7 Å². The Bertz CT molecular complexity index is 1280. The number of rotatable bonds is 3. The molecule has 2 aromatic carbocycles. The summed E-state index contributed by atoms with van der Waals surface area (Å²) in [6.45, 7) is 4.97. The summed E-state index contributed by atoms with van der Waals surface area (Å²) in [6.07, 6.45) is 1.88. The summed E-state index contributed by atoms with van der Waals surface area (Å²) in [5.41, 5.74) is 1.92. The lowest BCUT2D eigenvalue weighted by Gasteiger charge is -2.38. The van der Waals surface area contributed by atoms with E-state index in [1.807, 2.05) is 26.8 Å². The second kappa shape index (κ2) is 6.46. The fourth-order valence-electron chi connectivity index (χ4n) is 4.60. The van der Waals surface area contributed by atoms with Crippen LogP contribution in [0.3, 0.4) is 0 Å². The molecule has 0 spiro atoms. The van der Waals surface area contributed by atoms with E-state index >= 15 is 0 Å². The highest BCUT2D eigenvalue weighted by molar-refractivity contribution is 6.53. The fourth-order valence-corrected chi connectivity index (χ4v) is 4.60. The van der Waals surface area contributed by atoms with Gasteiger partial charge in [0.25, 0.3) is 23.5 Å². The number of carbonyl (C=O) groups is 5. The molecule has 0 N–H and O–H groups in total. The number of amides is 3. The van der Waals surface area contributed by atoms with Crippen LogP contribution in [0.25, 0.3) is 5.57 Å². The Kier molecular flexibility index (Phi) is 4.01. The summed E-state index contributed by atoms with van der Waals surface area (Å²) in [7, 11) is 0. The van der Waals surface area contributed by atoms with Crippen LogP contribution in [-0.4, -0.2) is 46.5 Å². The van der Waals surface area contributed by atoms with Gasteiger partial charge in [-0.05, 0) is 50.6 Å². The zero-order chi connectivity index (χ0) is 22.9. The molecule has 0 bridgehead atoms. The van der Waals surface area contributed by atoms with Gasteiger partial charge >= 0.3 is 5.97 Å². The normalized spacial score (nSPS) is 18.0. The number of Topliss-reactive ketones (excluding diaryl/α,β-unsaturated/α-hetero) is 1. The third-order valence-electron chi connectivity index (χ3n) is 5.92. The summed E-state index contributed by atoms with van der Waals surface area (Å²) in [5.74, 6) is -3.21. The largest absolute Gasteiger partial charge is 0.425 e. The number of nitrogens with zero attached hydrogens (tertiary/aromatic N) is 2. The third-order valence-corrected chi connectivity index (χ3v) is 5.92. The molecule has 3 aliphatic heterocycles. The van der Waals surface area contributed by atoms with Gasteiger partial charge < -0.3 is 4.74 Å². The molecule has 3 aliphatic rings. The number of fused-ring (bicyclic) bond motifs is 1. The Labute approximate surface area is 183 Å². The first-order valence-corrected chi connectivity index (χ1v) is 10.0. The molecule has 0 unspecified atom stereocenters. The average molecular weight is 430 g/mol. The van der Waals surface area contributed by atoms with Crippen molar-refractivity contribution in [3.8, 4) is 5.75 Å². The van der Waals surface area contributed by atoms with E-state index in [2.05, 4.69) is 0 Å². The van der Waals surface area contributed by atoms with Crippen molar-refractivity contribution in [2.45, 2.75) is 26.3 Å². The van der Waals surface area contributed by atoms with Crippen LogP contribution in [-0.2, 0) is 9.59 Å². The molecule has 0 radical (unpaired) electrons. The van der Waals surface area contributed by atoms with Crippen molar-refractivity contribution in [2.24, 2.45) is 0 Å². The SMILES string of the molecule is CC1=CC(C)(C)N2C(=O)C(=O)c3cc(OC(=O)CN4C(=O)c5ccccc5C4=O)cc1c32. The van der Waals surface area contributed by atoms with Gasteiger partial charge in [0, 0.05) is 5.56 Å². The van der Waals surface area contributed by atoms with Gasteiger partial charge in [0.05, 0.1) is 27.9 Å². The van der Waals surface area contributed by atoms with Gasteiger partial charge in [0.1, 0.15) is 12.3 Å². The Balaban J connectivity index is 1.44.